The van der Waals surface area contributed by atoms with Gasteiger partial charge in [-0.2, -0.15) is 0 Å². The van der Waals surface area contributed by atoms with E-state index in [0.29, 0.717) is 19.3 Å². The molecule has 0 saturated heterocycles. The summed E-state index contributed by atoms with van der Waals surface area (Å²) in [4.78, 5) is 37.9. The summed E-state index contributed by atoms with van der Waals surface area (Å²) in [5, 5.41) is 0. The van der Waals surface area contributed by atoms with Gasteiger partial charge in [-0.05, 0) is 19.3 Å². The molecule has 0 aliphatic carbocycles. The number of rotatable bonds is 48. The standard InChI is InChI=1S/C52H100O6/c1-4-7-10-13-16-19-22-23-24-25-26-27-28-31-33-36-39-42-45-51(54)57-48-49(58-52(55)46-43-40-37-34-30-21-18-15-12-9-6-3)47-56-50(53)44-41-38-35-32-29-20-17-14-11-8-5-2/h49H,4-48H2,1-3H3/t49-/m1/s1. The number of hydrogen-bond acceptors (Lipinski definition) is 6. The summed E-state index contributed by atoms with van der Waals surface area (Å²) in [5.74, 6) is -0.843. The molecule has 0 fully saturated rings. The van der Waals surface area contributed by atoms with Crippen LogP contribution in [0.2, 0.25) is 0 Å². The summed E-state index contributed by atoms with van der Waals surface area (Å²) >= 11 is 0. The van der Waals surface area contributed by atoms with Crippen molar-refractivity contribution in [1.82, 2.24) is 0 Å². The lowest BCUT2D eigenvalue weighted by Gasteiger charge is -2.18. The van der Waals surface area contributed by atoms with Gasteiger partial charge in [0.15, 0.2) is 6.10 Å². The van der Waals surface area contributed by atoms with Crippen molar-refractivity contribution in [3.8, 4) is 0 Å². The molecular weight excluding hydrogens is 721 g/mol. The Morgan fingerprint density at radius 3 is 0.690 bits per heavy atom. The van der Waals surface area contributed by atoms with Gasteiger partial charge in [-0.15, -0.1) is 0 Å². The number of hydrogen-bond donors (Lipinski definition) is 0. The maximum absolute atomic E-state index is 12.7. The molecule has 0 amide bonds. The maximum Gasteiger partial charge on any atom is 0.306 e. The summed E-state index contributed by atoms with van der Waals surface area (Å²) < 4.78 is 16.8. The van der Waals surface area contributed by atoms with Crippen molar-refractivity contribution in [1.29, 1.82) is 0 Å². The Labute approximate surface area is 361 Å². The fourth-order valence-corrected chi connectivity index (χ4v) is 7.92. The quantitative estimate of drug-likeness (QED) is 0.0346. The van der Waals surface area contributed by atoms with Crippen molar-refractivity contribution in [3.63, 3.8) is 0 Å². The SMILES string of the molecule is CCCCCCCCCCCCCCCCCCCCC(=O)OC[C@@H](COC(=O)CCCCCCCCCCCCC)OC(=O)CCCCCCCCCCCCC. The summed E-state index contributed by atoms with van der Waals surface area (Å²) in [6.07, 6.45) is 50.9. The predicted octanol–water partition coefficient (Wildman–Crippen LogP) is 16.8. The van der Waals surface area contributed by atoms with E-state index in [1.165, 1.54) is 199 Å². The molecule has 6 heteroatoms. The first-order chi connectivity index (χ1) is 28.5. The number of carbonyl (C=O) groups excluding carboxylic acids is 3. The van der Waals surface area contributed by atoms with Crippen LogP contribution in [-0.2, 0) is 28.6 Å². The average Bonchev–Trinajstić information content (AvgIpc) is 3.22. The molecule has 1 atom stereocenters. The van der Waals surface area contributed by atoms with E-state index in [-0.39, 0.29) is 31.1 Å². The van der Waals surface area contributed by atoms with Gasteiger partial charge in [0, 0.05) is 19.3 Å². The van der Waals surface area contributed by atoms with Crippen LogP contribution in [0.25, 0.3) is 0 Å². The Kier molecular flexibility index (Phi) is 46.8. The highest BCUT2D eigenvalue weighted by Gasteiger charge is 2.19. The number of ether oxygens (including phenoxy) is 3. The summed E-state index contributed by atoms with van der Waals surface area (Å²) in [5.41, 5.74) is 0. The Hall–Kier alpha value is -1.59. The Balaban J connectivity index is 4.23. The van der Waals surface area contributed by atoms with E-state index in [1.807, 2.05) is 0 Å². The Morgan fingerprint density at radius 1 is 0.276 bits per heavy atom. The first-order valence-corrected chi connectivity index (χ1v) is 26.0. The van der Waals surface area contributed by atoms with Crippen LogP contribution in [0.4, 0.5) is 0 Å². The van der Waals surface area contributed by atoms with Crippen molar-refractivity contribution in [3.05, 3.63) is 0 Å². The van der Waals surface area contributed by atoms with Gasteiger partial charge in [0.25, 0.3) is 0 Å². The molecule has 6 nitrogen and oxygen atoms in total. The lowest BCUT2D eigenvalue weighted by molar-refractivity contribution is -0.167. The van der Waals surface area contributed by atoms with Gasteiger partial charge < -0.3 is 14.2 Å². The van der Waals surface area contributed by atoms with E-state index in [2.05, 4.69) is 20.8 Å². The van der Waals surface area contributed by atoms with Gasteiger partial charge in [-0.1, -0.05) is 258 Å². The number of esters is 3. The normalized spacial score (nSPS) is 11.8. The third-order valence-corrected chi connectivity index (χ3v) is 11.9. The Bertz CT molecular complexity index is 859. The first kappa shape index (κ1) is 56.4. The van der Waals surface area contributed by atoms with E-state index in [0.717, 1.165) is 57.8 Å². The first-order valence-electron chi connectivity index (χ1n) is 26.0. The monoisotopic (exact) mass is 821 g/mol. The second-order valence-corrected chi connectivity index (χ2v) is 17.8. The van der Waals surface area contributed by atoms with Gasteiger partial charge in [-0.25, -0.2) is 0 Å². The molecule has 0 aromatic rings. The molecule has 344 valence electrons. The highest BCUT2D eigenvalue weighted by molar-refractivity contribution is 5.71. The van der Waals surface area contributed by atoms with E-state index in [1.54, 1.807) is 0 Å². The van der Waals surface area contributed by atoms with Crippen molar-refractivity contribution in [2.24, 2.45) is 0 Å². The van der Waals surface area contributed by atoms with Crippen LogP contribution >= 0.6 is 0 Å². The molecule has 0 saturated carbocycles. The maximum atomic E-state index is 12.7. The largest absolute Gasteiger partial charge is 0.462 e. The van der Waals surface area contributed by atoms with Gasteiger partial charge in [-0.3, -0.25) is 14.4 Å². The minimum absolute atomic E-state index is 0.0619. The second-order valence-electron chi connectivity index (χ2n) is 17.8. The highest BCUT2D eigenvalue weighted by Crippen LogP contribution is 2.17. The topological polar surface area (TPSA) is 78.9 Å². The van der Waals surface area contributed by atoms with Crippen LogP contribution in [0, 0.1) is 0 Å². The van der Waals surface area contributed by atoms with Crippen molar-refractivity contribution >= 4 is 17.9 Å². The van der Waals surface area contributed by atoms with Crippen LogP contribution < -0.4 is 0 Å². The number of carbonyl (C=O) groups is 3. The smallest absolute Gasteiger partial charge is 0.306 e. The Morgan fingerprint density at radius 2 is 0.466 bits per heavy atom. The van der Waals surface area contributed by atoms with Gasteiger partial charge >= 0.3 is 17.9 Å². The molecule has 0 bridgehead atoms. The van der Waals surface area contributed by atoms with Crippen LogP contribution in [-0.4, -0.2) is 37.2 Å². The van der Waals surface area contributed by atoms with Crippen LogP contribution in [0.15, 0.2) is 0 Å². The van der Waals surface area contributed by atoms with Crippen molar-refractivity contribution in [2.45, 2.75) is 303 Å². The summed E-state index contributed by atoms with van der Waals surface area (Å²) in [7, 11) is 0. The lowest BCUT2D eigenvalue weighted by Crippen LogP contribution is -2.30. The molecular formula is C52H100O6. The lowest BCUT2D eigenvalue weighted by atomic mass is 10.0. The average molecular weight is 821 g/mol. The third kappa shape index (κ3) is 45.5. The summed E-state index contributed by atoms with van der Waals surface area (Å²) in [6.45, 7) is 6.67. The van der Waals surface area contributed by atoms with Crippen molar-refractivity contribution in [2.75, 3.05) is 13.2 Å². The highest BCUT2D eigenvalue weighted by atomic mass is 16.6. The molecule has 0 radical (unpaired) electrons. The molecule has 0 aliphatic rings. The molecule has 0 aliphatic heterocycles. The fraction of sp³-hybridized carbons (Fsp3) is 0.942. The number of unbranched alkanes of at least 4 members (excludes halogenated alkanes) is 37. The van der Waals surface area contributed by atoms with Gasteiger partial charge in [0.1, 0.15) is 13.2 Å². The zero-order chi connectivity index (χ0) is 42.3. The van der Waals surface area contributed by atoms with E-state index >= 15 is 0 Å². The fourth-order valence-electron chi connectivity index (χ4n) is 7.92. The van der Waals surface area contributed by atoms with Crippen LogP contribution in [0.5, 0.6) is 0 Å². The van der Waals surface area contributed by atoms with Crippen LogP contribution in [0.1, 0.15) is 297 Å². The predicted molar refractivity (Wildman–Crippen MR) is 247 cm³/mol. The molecule has 0 spiro atoms. The zero-order valence-corrected chi connectivity index (χ0v) is 39.3. The van der Waals surface area contributed by atoms with E-state index in [4.69, 9.17) is 14.2 Å². The summed E-state index contributed by atoms with van der Waals surface area (Å²) in [6, 6.07) is 0. The molecule has 0 heterocycles. The zero-order valence-electron chi connectivity index (χ0n) is 39.3. The minimum Gasteiger partial charge on any atom is -0.462 e. The third-order valence-electron chi connectivity index (χ3n) is 11.9. The molecule has 0 rings (SSSR count). The molecule has 0 aromatic heterocycles. The molecule has 0 N–H and O–H groups in total. The second kappa shape index (κ2) is 48.1. The molecule has 58 heavy (non-hydrogen) atoms. The molecule has 0 unspecified atom stereocenters. The van der Waals surface area contributed by atoms with Crippen LogP contribution in [0.3, 0.4) is 0 Å². The van der Waals surface area contributed by atoms with E-state index < -0.39 is 6.10 Å². The van der Waals surface area contributed by atoms with Crippen molar-refractivity contribution < 1.29 is 28.6 Å². The minimum atomic E-state index is -0.759. The van der Waals surface area contributed by atoms with E-state index in [9.17, 15) is 14.4 Å². The van der Waals surface area contributed by atoms with Gasteiger partial charge in [0.05, 0.1) is 0 Å². The molecule has 0 aromatic carbocycles. The van der Waals surface area contributed by atoms with Gasteiger partial charge in [0.2, 0.25) is 0 Å².